The van der Waals surface area contributed by atoms with Gasteiger partial charge in [-0.05, 0) is 12.8 Å². The van der Waals surface area contributed by atoms with Crippen LogP contribution in [0.2, 0.25) is 0 Å². The summed E-state index contributed by atoms with van der Waals surface area (Å²) in [6, 6.07) is 0.622. The van der Waals surface area contributed by atoms with Gasteiger partial charge < -0.3 is 9.79 Å². The van der Waals surface area contributed by atoms with Crippen molar-refractivity contribution >= 4 is 25.9 Å². The summed E-state index contributed by atoms with van der Waals surface area (Å²) < 4.78 is 24.6. The van der Waals surface area contributed by atoms with Crippen molar-refractivity contribution in [2.45, 2.75) is 44.1 Å². The molecule has 2 rings (SSSR count). The average Bonchev–Trinajstić information content (AvgIpc) is 2.70. The van der Waals surface area contributed by atoms with Crippen molar-refractivity contribution in [1.82, 2.24) is 10.6 Å². The van der Waals surface area contributed by atoms with Gasteiger partial charge in [-0.1, -0.05) is 12.8 Å². The maximum atomic E-state index is 11.0. The third-order valence-electron chi connectivity index (χ3n) is 3.00. The highest BCUT2D eigenvalue weighted by Crippen LogP contribution is 2.57. The molecule has 0 bridgehead atoms. The lowest BCUT2D eigenvalue weighted by atomic mass is 9.92. The van der Waals surface area contributed by atoms with E-state index >= 15 is 0 Å². The minimum atomic E-state index is -4.26. The molecule has 18 heavy (non-hydrogen) atoms. The summed E-state index contributed by atoms with van der Waals surface area (Å²) >= 11 is 0. The van der Waals surface area contributed by atoms with Crippen LogP contribution in [0.15, 0.2) is 0 Å². The Balaban J connectivity index is 1.78. The molecule has 106 valence electrons. The molecule has 1 aliphatic heterocycles. The van der Waals surface area contributed by atoms with Crippen LogP contribution in [-0.2, 0) is 17.7 Å². The van der Waals surface area contributed by atoms with Crippen LogP contribution in [0.25, 0.3) is 0 Å². The van der Waals surface area contributed by atoms with Gasteiger partial charge in [-0.25, -0.2) is 8.88 Å². The number of rotatable bonds is 5. The van der Waals surface area contributed by atoms with Gasteiger partial charge in [0.1, 0.15) is 0 Å². The van der Waals surface area contributed by atoms with E-state index in [4.69, 9.17) is 9.42 Å². The lowest BCUT2D eigenvalue weighted by molar-refractivity contribution is 0.131. The summed E-state index contributed by atoms with van der Waals surface area (Å²) in [7, 11) is -5.14. The van der Waals surface area contributed by atoms with E-state index in [1.54, 1.807) is 9.47 Å². The van der Waals surface area contributed by atoms with Crippen LogP contribution in [0, 0.1) is 0 Å². The minimum absolute atomic E-state index is 0.311. The molecule has 0 aromatic rings. The predicted octanol–water partition coefficient (Wildman–Crippen LogP) is 0.933. The molecular formula is C7H17N2O6P3. The molecule has 1 saturated heterocycles. The summed E-state index contributed by atoms with van der Waals surface area (Å²) in [4.78, 5) is 18.4. The lowest BCUT2D eigenvalue weighted by Crippen LogP contribution is -2.36. The molecule has 1 aliphatic carbocycles. The van der Waals surface area contributed by atoms with E-state index in [9.17, 15) is 9.46 Å². The number of nitrogens with one attached hydrogen (secondary N) is 2. The van der Waals surface area contributed by atoms with Crippen molar-refractivity contribution in [2.75, 3.05) is 0 Å². The van der Waals surface area contributed by atoms with Gasteiger partial charge in [0.15, 0.2) is 6.35 Å². The molecule has 0 aromatic heterocycles. The summed E-state index contributed by atoms with van der Waals surface area (Å²) in [5, 5.41) is 6.31. The zero-order valence-electron chi connectivity index (χ0n) is 9.56. The second-order valence-electron chi connectivity index (χ2n) is 4.21. The lowest BCUT2D eigenvalue weighted by Gasteiger charge is -2.23. The van der Waals surface area contributed by atoms with Crippen molar-refractivity contribution in [3.8, 4) is 0 Å². The van der Waals surface area contributed by atoms with Crippen molar-refractivity contribution in [3.63, 3.8) is 0 Å². The number of phosphoric acid groups is 1. The molecule has 2 fully saturated rings. The van der Waals surface area contributed by atoms with E-state index in [0.717, 1.165) is 12.8 Å². The fourth-order valence-electron chi connectivity index (χ4n) is 2.24. The fraction of sp³-hybridized carbons (Fsp3) is 1.00. The third kappa shape index (κ3) is 4.15. The number of hydrogen-bond donors (Lipinski definition) is 4. The summed E-state index contributed by atoms with van der Waals surface area (Å²) in [5.41, 5.74) is 0. The van der Waals surface area contributed by atoms with Crippen LogP contribution in [-0.4, -0.2) is 28.2 Å². The molecule has 6 atom stereocenters. The Morgan fingerprint density at radius 1 is 1.28 bits per heavy atom. The normalized spacial score (nSPS) is 36.9. The molecule has 2 aliphatic rings. The van der Waals surface area contributed by atoms with Crippen LogP contribution in [0.5, 0.6) is 0 Å². The highest BCUT2D eigenvalue weighted by Gasteiger charge is 2.37. The van der Waals surface area contributed by atoms with E-state index < -0.39 is 22.8 Å². The highest BCUT2D eigenvalue weighted by atomic mass is 31.3. The van der Waals surface area contributed by atoms with Gasteiger partial charge in [-0.2, -0.15) is 0 Å². The first-order valence-corrected chi connectivity index (χ1v) is 8.69. The third-order valence-corrected chi connectivity index (χ3v) is 5.84. The van der Waals surface area contributed by atoms with Crippen LogP contribution in [0.1, 0.15) is 25.7 Å². The highest BCUT2D eigenvalue weighted by molar-refractivity contribution is 7.60. The molecule has 4 unspecified atom stereocenters. The minimum Gasteiger partial charge on any atom is -0.328 e. The van der Waals surface area contributed by atoms with Gasteiger partial charge >= 0.3 is 16.4 Å². The average molecular weight is 318 g/mol. The zero-order valence-corrected chi connectivity index (χ0v) is 12.5. The first-order chi connectivity index (χ1) is 8.50. The molecular weight excluding hydrogens is 301 g/mol. The SMILES string of the molecule is O=P(O)(OP)OP(O)O[C@H]1NC2CCCC[C@H]2N1. The molecule has 8 nitrogen and oxygen atoms in total. The van der Waals surface area contributed by atoms with Crippen LogP contribution < -0.4 is 10.6 Å². The molecule has 0 amide bonds. The fourth-order valence-corrected chi connectivity index (χ4v) is 3.91. The zero-order chi connectivity index (χ0) is 13.2. The predicted molar refractivity (Wildman–Crippen MR) is 68.0 cm³/mol. The standard InChI is InChI=1S/C7H17N2O6P3/c10-17(15-18(11,12)14-16)13-7-8-5-3-1-2-4-6(5)9-7/h5-10H,1-4,16H2,(H,11,12)/t5-,6?,7-,17?/m1/s1. The second kappa shape index (κ2) is 6.51. The number of fused-ring (bicyclic) bond motifs is 1. The summed E-state index contributed by atoms with van der Waals surface area (Å²) in [6.07, 6.45) is 3.86. The number of hydrogen-bond acceptors (Lipinski definition) is 7. The topological polar surface area (TPSA) is 109 Å². The van der Waals surface area contributed by atoms with Crippen molar-refractivity contribution in [3.05, 3.63) is 0 Å². The van der Waals surface area contributed by atoms with Crippen molar-refractivity contribution in [1.29, 1.82) is 0 Å². The first kappa shape index (κ1) is 15.2. The van der Waals surface area contributed by atoms with Crippen LogP contribution >= 0.6 is 25.9 Å². The molecule has 1 saturated carbocycles. The van der Waals surface area contributed by atoms with Crippen molar-refractivity contribution < 1.29 is 27.5 Å². The summed E-state index contributed by atoms with van der Waals surface area (Å²) in [6.45, 7) is 0. The van der Waals surface area contributed by atoms with E-state index in [1.807, 2.05) is 0 Å². The smallest absolute Gasteiger partial charge is 0.328 e. The van der Waals surface area contributed by atoms with E-state index in [-0.39, 0.29) is 0 Å². The maximum absolute atomic E-state index is 11.0. The van der Waals surface area contributed by atoms with E-state index in [1.165, 1.54) is 12.8 Å². The van der Waals surface area contributed by atoms with Gasteiger partial charge in [0.25, 0.3) is 0 Å². The Morgan fingerprint density at radius 3 is 2.33 bits per heavy atom. The van der Waals surface area contributed by atoms with Crippen LogP contribution in [0.4, 0.5) is 0 Å². The Bertz CT molecular complexity index is 320. The summed E-state index contributed by atoms with van der Waals surface area (Å²) in [5.74, 6) is 0. The van der Waals surface area contributed by atoms with Gasteiger partial charge in [-0.15, -0.1) is 0 Å². The van der Waals surface area contributed by atoms with Crippen molar-refractivity contribution in [2.24, 2.45) is 0 Å². The molecule has 4 N–H and O–H groups in total. The maximum Gasteiger partial charge on any atom is 0.481 e. The van der Waals surface area contributed by atoms with Gasteiger partial charge in [-0.3, -0.25) is 19.5 Å². The monoisotopic (exact) mass is 318 g/mol. The molecule has 0 spiro atoms. The van der Waals surface area contributed by atoms with E-state index in [2.05, 4.69) is 19.3 Å². The van der Waals surface area contributed by atoms with Gasteiger partial charge in [0.2, 0.25) is 0 Å². The Hall–Kier alpha value is 0.810. The molecule has 0 aromatic carbocycles. The Kier molecular flexibility index (Phi) is 5.50. The Morgan fingerprint density at radius 2 is 1.83 bits per heavy atom. The molecule has 11 heteroatoms. The van der Waals surface area contributed by atoms with Gasteiger partial charge in [0, 0.05) is 21.6 Å². The first-order valence-electron chi connectivity index (χ1n) is 5.59. The molecule has 1 heterocycles. The van der Waals surface area contributed by atoms with Gasteiger partial charge in [0.05, 0.1) is 0 Å². The quantitative estimate of drug-likeness (QED) is 0.554. The molecule has 0 radical (unpaired) electrons. The van der Waals surface area contributed by atoms with E-state index in [0.29, 0.717) is 12.1 Å². The largest absolute Gasteiger partial charge is 0.481 e. The Labute approximate surface area is 109 Å². The van der Waals surface area contributed by atoms with Crippen LogP contribution in [0.3, 0.4) is 0 Å². The second-order valence-corrected chi connectivity index (χ2v) is 7.33.